The number of likely N-dealkylation sites (N-methyl/N-ethyl adjacent to an activating group) is 1. The lowest BCUT2D eigenvalue weighted by Crippen LogP contribution is -2.44. The maximum Gasteiger partial charge on any atom is 0.0601 e. The minimum atomic E-state index is 0.895. The molecular formula is C11H16IN3. The van der Waals surface area contributed by atoms with Crippen molar-refractivity contribution < 1.29 is 0 Å². The van der Waals surface area contributed by atoms with Crippen molar-refractivity contribution in [1.29, 1.82) is 0 Å². The van der Waals surface area contributed by atoms with Crippen molar-refractivity contribution >= 4 is 34.0 Å². The first-order valence-electron chi connectivity index (χ1n) is 5.15. The zero-order chi connectivity index (χ0) is 10.8. The first kappa shape index (κ1) is 11.0. The largest absolute Gasteiger partial charge is 0.397 e. The van der Waals surface area contributed by atoms with Crippen molar-refractivity contribution in [1.82, 2.24) is 4.90 Å². The van der Waals surface area contributed by atoms with Crippen LogP contribution >= 0.6 is 22.6 Å². The van der Waals surface area contributed by atoms with E-state index >= 15 is 0 Å². The maximum atomic E-state index is 6.03. The van der Waals surface area contributed by atoms with Gasteiger partial charge in [0.05, 0.1) is 11.4 Å². The summed E-state index contributed by atoms with van der Waals surface area (Å²) in [4.78, 5) is 4.71. The van der Waals surface area contributed by atoms with Crippen LogP contribution in [0.15, 0.2) is 18.2 Å². The number of benzene rings is 1. The molecule has 0 saturated carbocycles. The molecule has 3 nitrogen and oxygen atoms in total. The third-order valence-corrected chi connectivity index (χ3v) is 3.50. The number of anilines is 2. The lowest BCUT2D eigenvalue weighted by atomic mass is 10.2. The van der Waals surface area contributed by atoms with Gasteiger partial charge in [-0.2, -0.15) is 0 Å². The number of rotatable bonds is 1. The fourth-order valence-corrected chi connectivity index (χ4v) is 2.38. The van der Waals surface area contributed by atoms with Crippen molar-refractivity contribution in [2.45, 2.75) is 0 Å². The molecular weight excluding hydrogens is 301 g/mol. The molecule has 4 heteroatoms. The zero-order valence-corrected chi connectivity index (χ0v) is 11.1. The SMILES string of the molecule is CN1CCN(c2ccc(I)cc2N)CC1. The molecule has 82 valence electrons. The van der Waals surface area contributed by atoms with Gasteiger partial charge in [-0.1, -0.05) is 0 Å². The standard InChI is InChI=1S/C11H16IN3/c1-14-4-6-15(7-5-14)11-3-2-9(12)8-10(11)13/h2-3,8H,4-7,13H2,1H3. The molecule has 1 fully saturated rings. The van der Waals surface area contributed by atoms with Gasteiger partial charge in [0, 0.05) is 29.7 Å². The normalized spacial score (nSPS) is 18.1. The molecule has 1 aromatic carbocycles. The van der Waals surface area contributed by atoms with Crippen LogP contribution in [0.1, 0.15) is 0 Å². The lowest BCUT2D eigenvalue weighted by molar-refractivity contribution is 0.313. The predicted molar refractivity (Wildman–Crippen MR) is 73.3 cm³/mol. The molecule has 0 amide bonds. The van der Waals surface area contributed by atoms with Gasteiger partial charge in [0.25, 0.3) is 0 Å². The highest BCUT2D eigenvalue weighted by molar-refractivity contribution is 14.1. The van der Waals surface area contributed by atoms with Crippen molar-refractivity contribution in [2.75, 3.05) is 43.9 Å². The van der Waals surface area contributed by atoms with Gasteiger partial charge in [-0.3, -0.25) is 0 Å². The van der Waals surface area contributed by atoms with E-state index in [9.17, 15) is 0 Å². The number of piperazine rings is 1. The molecule has 1 aliphatic heterocycles. The summed E-state index contributed by atoms with van der Waals surface area (Å²) in [5, 5.41) is 0. The molecule has 1 saturated heterocycles. The number of nitrogens with two attached hydrogens (primary N) is 1. The topological polar surface area (TPSA) is 32.5 Å². The number of hydrogen-bond acceptors (Lipinski definition) is 3. The number of hydrogen-bond donors (Lipinski definition) is 1. The Balaban J connectivity index is 2.15. The zero-order valence-electron chi connectivity index (χ0n) is 8.91. The molecule has 0 unspecified atom stereocenters. The summed E-state index contributed by atoms with van der Waals surface area (Å²) in [6.45, 7) is 4.37. The number of nitrogen functional groups attached to an aromatic ring is 1. The van der Waals surface area contributed by atoms with Gasteiger partial charge in [0.1, 0.15) is 0 Å². The van der Waals surface area contributed by atoms with E-state index < -0.39 is 0 Å². The van der Waals surface area contributed by atoms with E-state index in [4.69, 9.17) is 5.73 Å². The summed E-state index contributed by atoms with van der Waals surface area (Å²) < 4.78 is 1.20. The highest BCUT2D eigenvalue weighted by Gasteiger charge is 2.15. The van der Waals surface area contributed by atoms with Crippen LogP contribution < -0.4 is 10.6 Å². The van der Waals surface area contributed by atoms with Crippen molar-refractivity contribution in [3.8, 4) is 0 Å². The summed E-state index contributed by atoms with van der Waals surface area (Å²) in [5.74, 6) is 0. The van der Waals surface area contributed by atoms with E-state index in [0.29, 0.717) is 0 Å². The summed E-state index contributed by atoms with van der Waals surface area (Å²) in [6, 6.07) is 6.28. The van der Waals surface area contributed by atoms with E-state index in [1.165, 1.54) is 9.26 Å². The first-order chi connectivity index (χ1) is 7.16. The molecule has 1 heterocycles. The monoisotopic (exact) mass is 317 g/mol. The fourth-order valence-electron chi connectivity index (χ4n) is 1.86. The molecule has 0 atom stereocenters. The lowest BCUT2D eigenvalue weighted by Gasteiger charge is -2.34. The van der Waals surface area contributed by atoms with Crippen LogP contribution in [0.2, 0.25) is 0 Å². The molecule has 1 aliphatic rings. The van der Waals surface area contributed by atoms with Crippen LogP contribution in [0.3, 0.4) is 0 Å². The Morgan fingerprint density at radius 3 is 2.47 bits per heavy atom. The van der Waals surface area contributed by atoms with E-state index in [1.54, 1.807) is 0 Å². The Morgan fingerprint density at radius 1 is 1.20 bits per heavy atom. The van der Waals surface area contributed by atoms with E-state index in [0.717, 1.165) is 31.9 Å². The molecule has 15 heavy (non-hydrogen) atoms. The Kier molecular flexibility index (Phi) is 3.35. The summed E-state index contributed by atoms with van der Waals surface area (Å²) >= 11 is 2.29. The minimum absolute atomic E-state index is 0.895. The molecule has 0 radical (unpaired) electrons. The molecule has 2 N–H and O–H groups in total. The average Bonchev–Trinajstić information content (AvgIpc) is 2.20. The molecule has 1 aromatic rings. The van der Waals surface area contributed by atoms with Crippen molar-refractivity contribution in [2.24, 2.45) is 0 Å². The highest BCUT2D eigenvalue weighted by atomic mass is 127. The van der Waals surface area contributed by atoms with Gasteiger partial charge in [-0.15, -0.1) is 0 Å². The van der Waals surface area contributed by atoms with Crippen molar-refractivity contribution in [3.05, 3.63) is 21.8 Å². The second-order valence-electron chi connectivity index (χ2n) is 3.99. The maximum absolute atomic E-state index is 6.03. The molecule has 0 aliphatic carbocycles. The summed E-state index contributed by atoms with van der Waals surface area (Å²) in [6.07, 6.45) is 0. The average molecular weight is 317 g/mol. The van der Waals surface area contributed by atoms with E-state index in [2.05, 4.69) is 51.6 Å². The van der Waals surface area contributed by atoms with Crippen LogP contribution in [0.5, 0.6) is 0 Å². The third kappa shape index (κ3) is 2.55. The fraction of sp³-hybridized carbons (Fsp3) is 0.455. The Bertz CT molecular complexity index is 346. The van der Waals surface area contributed by atoms with Crippen LogP contribution in [0.25, 0.3) is 0 Å². The van der Waals surface area contributed by atoms with Crippen molar-refractivity contribution in [3.63, 3.8) is 0 Å². The molecule has 0 spiro atoms. The molecule has 0 bridgehead atoms. The third-order valence-electron chi connectivity index (χ3n) is 2.83. The van der Waals surface area contributed by atoms with Gasteiger partial charge in [0.15, 0.2) is 0 Å². The predicted octanol–water partition coefficient (Wildman–Crippen LogP) is 1.63. The molecule has 2 rings (SSSR count). The van der Waals surface area contributed by atoms with Gasteiger partial charge >= 0.3 is 0 Å². The first-order valence-corrected chi connectivity index (χ1v) is 6.23. The second kappa shape index (κ2) is 4.57. The van der Waals surface area contributed by atoms with Gasteiger partial charge in [0.2, 0.25) is 0 Å². The Hall–Kier alpha value is -0.490. The van der Waals surface area contributed by atoms with E-state index in [-0.39, 0.29) is 0 Å². The number of halogens is 1. The summed E-state index contributed by atoms with van der Waals surface area (Å²) in [7, 11) is 2.16. The minimum Gasteiger partial charge on any atom is -0.397 e. The van der Waals surface area contributed by atoms with Crippen LogP contribution in [-0.2, 0) is 0 Å². The smallest absolute Gasteiger partial charge is 0.0601 e. The number of nitrogens with zero attached hydrogens (tertiary/aromatic N) is 2. The van der Waals surface area contributed by atoms with Crippen LogP contribution in [0, 0.1) is 3.57 Å². The van der Waals surface area contributed by atoms with Gasteiger partial charge in [-0.25, -0.2) is 0 Å². The quantitative estimate of drug-likeness (QED) is 0.631. The molecule has 0 aromatic heterocycles. The van der Waals surface area contributed by atoms with Crippen LogP contribution in [0.4, 0.5) is 11.4 Å². The van der Waals surface area contributed by atoms with Gasteiger partial charge in [-0.05, 0) is 47.8 Å². The highest BCUT2D eigenvalue weighted by Crippen LogP contribution is 2.25. The van der Waals surface area contributed by atoms with Crippen LogP contribution in [-0.4, -0.2) is 38.1 Å². The second-order valence-corrected chi connectivity index (χ2v) is 5.24. The van der Waals surface area contributed by atoms with Gasteiger partial charge < -0.3 is 15.5 Å². The Morgan fingerprint density at radius 2 is 1.87 bits per heavy atom. The Labute approximate surface area is 104 Å². The van der Waals surface area contributed by atoms with E-state index in [1.807, 2.05) is 6.07 Å². The summed E-state index contributed by atoms with van der Waals surface area (Å²) in [5.41, 5.74) is 8.11.